The highest BCUT2D eigenvalue weighted by Gasteiger charge is 2.34. The van der Waals surface area contributed by atoms with E-state index >= 15 is 0 Å². The number of nitrogens with one attached hydrogen (secondary N) is 1. The molecule has 0 heterocycles. The second-order valence-corrected chi connectivity index (χ2v) is 12.9. The molecule has 1 N–H and O–H groups in total. The molecule has 220 valence electrons. The van der Waals surface area contributed by atoms with E-state index in [0.717, 1.165) is 4.31 Å². The first-order chi connectivity index (χ1) is 19.4. The summed E-state index contributed by atoms with van der Waals surface area (Å²) in [6.07, 6.45) is 0.983. The van der Waals surface area contributed by atoms with E-state index in [2.05, 4.69) is 5.32 Å². The largest absolute Gasteiger partial charge is 0.352 e. The number of carbonyl (C=O) groups excluding carboxylic acids is 2. The van der Waals surface area contributed by atoms with E-state index in [1.54, 1.807) is 43.3 Å². The number of amides is 2. The summed E-state index contributed by atoms with van der Waals surface area (Å²) in [5, 5.41) is 3.92. The first-order valence-electron chi connectivity index (χ1n) is 13.0. The second-order valence-electron chi connectivity index (χ2n) is 9.44. The van der Waals surface area contributed by atoms with Gasteiger partial charge >= 0.3 is 0 Å². The quantitative estimate of drug-likeness (QED) is 0.223. The molecule has 0 aliphatic carbocycles. The molecule has 0 aliphatic heterocycles. The average molecular weight is 659 g/mol. The molecule has 7 nitrogen and oxygen atoms in total. The summed E-state index contributed by atoms with van der Waals surface area (Å²) in [4.78, 5) is 28.8. The van der Waals surface area contributed by atoms with Gasteiger partial charge in [-0.05, 0) is 67.8 Å². The van der Waals surface area contributed by atoms with E-state index in [1.165, 1.54) is 35.2 Å². The molecule has 2 atom stereocenters. The van der Waals surface area contributed by atoms with Gasteiger partial charge in [0.25, 0.3) is 10.0 Å². The minimum Gasteiger partial charge on any atom is -0.352 e. The van der Waals surface area contributed by atoms with Crippen molar-refractivity contribution in [2.45, 2.75) is 57.1 Å². The molecule has 0 aliphatic rings. The Morgan fingerprint density at radius 3 is 2.00 bits per heavy atom. The van der Waals surface area contributed by atoms with Gasteiger partial charge in [0.05, 0.1) is 30.7 Å². The molecule has 2 amide bonds. The van der Waals surface area contributed by atoms with Crippen LogP contribution in [-0.2, 0) is 26.2 Å². The molecule has 0 fully saturated rings. The zero-order valence-electron chi connectivity index (χ0n) is 22.8. The van der Waals surface area contributed by atoms with Crippen LogP contribution in [0.4, 0.5) is 5.69 Å². The molecular formula is C29H31Cl4N3O4S. The molecule has 0 unspecified atom stereocenters. The molecule has 0 saturated carbocycles. The predicted molar refractivity (Wildman–Crippen MR) is 166 cm³/mol. The van der Waals surface area contributed by atoms with Crippen molar-refractivity contribution in [1.29, 1.82) is 0 Å². The maximum Gasteiger partial charge on any atom is 0.264 e. The smallest absolute Gasteiger partial charge is 0.264 e. The molecule has 3 aromatic carbocycles. The number of halogens is 4. The fourth-order valence-corrected chi connectivity index (χ4v) is 6.12. The van der Waals surface area contributed by atoms with Crippen LogP contribution in [0.3, 0.4) is 0 Å². The van der Waals surface area contributed by atoms with E-state index in [1.807, 2.05) is 13.8 Å². The molecule has 0 radical (unpaired) electrons. The van der Waals surface area contributed by atoms with Crippen molar-refractivity contribution < 1.29 is 18.0 Å². The normalized spacial score (nSPS) is 12.9. The summed E-state index contributed by atoms with van der Waals surface area (Å²) in [6.45, 7) is 4.97. The molecule has 0 spiro atoms. The lowest BCUT2D eigenvalue weighted by molar-refractivity contribution is -0.140. The van der Waals surface area contributed by atoms with Gasteiger partial charge in [0.15, 0.2) is 0 Å². The van der Waals surface area contributed by atoms with Crippen molar-refractivity contribution in [2.75, 3.05) is 10.8 Å². The Hall–Kier alpha value is -2.49. The van der Waals surface area contributed by atoms with Crippen LogP contribution < -0.4 is 9.62 Å². The van der Waals surface area contributed by atoms with Gasteiger partial charge in [0, 0.05) is 12.6 Å². The molecule has 0 bridgehead atoms. The van der Waals surface area contributed by atoms with Crippen LogP contribution in [-0.4, -0.2) is 43.8 Å². The van der Waals surface area contributed by atoms with Gasteiger partial charge in [0.2, 0.25) is 11.8 Å². The maximum atomic E-state index is 14.1. The Morgan fingerprint density at radius 1 is 0.829 bits per heavy atom. The van der Waals surface area contributed by atoms with Gasteiger partial charge in [-0.1, -0.05) is 84.5 Å². The number of sulfonamides is 1. The van der Waals surface area contributed by atoms with Gasteiger partial charge in [-0.2, -0.15) is 0 Å². The van der Waals surface area contributed by atoms with Crippen molar-refractivity contribution in [1.82, 2.24) is 10.2 Å². The minimum atomic E-state index is -4.23. The second kappa shape index (κ2) is 14.6. The van der Waals surface area contributed by atoms with Crippen LogP contribution in [0, 0.1) is 0 Å². The lowest BCUT2D eigenvalue weighted by atomic mass is 10.1. The van der Waals surface area contributed by atoms with Gasteiger partial charge in [-0.15, -0.1) is 0 Å². The average Bonchev–Trinajstić information content (AvgIpc) is 2.95. The SMILES string of the molecule is CC[C@H](C)NC(=O)[C@H](CC)N(Cc1ccc(Cl)c(Cl)c1)C(=O)CN(c1ccc(Cl)c(Cl)c1)S(=O)(=O)c1ccccc1. The van der Waals surface area contributed by atoms with E-state index in [9.17, 15) is 18.0 Å². The van der Waals surface area contributed by atoms with E-state index in [4.69, 9.17) is 46.4 Å². The number of hydrogen-bond donors (Lipinski definition) is 1. The predicted octanol–water partition coefficient (Wildman–Crippen LogP) is 7.22. The van der Waals surface area contributed by atoms with Crippen LogP contribution in [0.25, 0.3) is 0 Å². The van der Waals surface area contributed by atoms with E-state index in [-0.39, 0.29) is 50.6 Å². The highest BCUT2D eigenvalue weighted by Crippen LogP contribution is 2.31. The highest BCUT2D eigenvalue weighted by atomic mass is 35.5. The fourth-order valence-electron chi connectivity index (χ4n) is 4.08. The number of benzene rings is 3. The molecule has 3 aromatic rings. The maximum absolute atomic E-state index is 14.1. The van der Waals surface area contributed by atoms with E-state index < -0.39 is 28.5 Å². The molecular weight excluding hydrogens is 628 g/mol. The standard InChI is InChI=1S/C29H31Cl4N3O4S/c1-4-19(3)34-29(38)27(5-2)35(17-20-11-13-23(30)25(32)15-20)28(37)18-36(21-12-14-24(31)26(33)16-21)41(39,40)22-9-7-6-8-10-22/h6-16,19,27H,4-5,17-18H2,1-3H3,(H,34,38)/t19-,27-/m0/s1. The zero-order chi connectivity index (χ0) is 30.3. The minimum absolute atomic E-state index is 0.0112. The third-order valence-electron chi connectivity index (χ3n) is 6.53. The van der Waals surface area contributed by atoms with E-state index in [0.29, 0.717) is 17.0 Å². The molecule has 0 aromatic heterocycles. The summed E-state index contributed by atoms with van der Waals surface area (Å²) >= 11 is 24.7. The lowest BCUT2D eigenvalue weighted by Crippen LogP contribution is -2.53. The van der Waals surface area contributed by atoms with Crippen LogP contribution >= 0.6 is 46.4 Å². The molecule has 3 rings (SSSR count). The van der Waals surface area contributed by atoms with Gasteiger partial charge in [0.1, 0.15) is 12.6 Å². The number of rotatable bonds is 12. The summed E-state index contributed by atoms with van der Waals surface area (Å²) in [5.41, 5.74) is 0.762. The Balaban J connectivity index is 2.09. The highest BCUT2D eigenvalue weighted by molar-refractivity contribution is 7.92. The van der Waals surface area contributed by atoms with Gasteiger partial charge in [-0.25, -0.2) is 8.42 Å². The van der Waals surface area contributed by atoms with Gasteiger partial charge < -0.3 is 10.2 Å². The van der Waals surface area contributed by atoms with Crippen LogP contribution in [0.15, 0.2) is 71.6 Å². The molecule has 12 heteroatoms. The lowest BCUT2D eigenvalue weighted by Gasteiger charge is -2.33. The van der Waals surface area contributed by atoms with Crippen molar-refractivity contribution in [3.05, 3.63) is 92.4 Å². The number of carbonyl (C=O) groups is 2. The Morgan fingerprint density at radius 2 is 1.44 bits per heavy atom. The van der Waals surface area contributed by atoms with Crippen LogP contribution in [0.5, 0.6) is 0 Å². The van der Waals surface area contributed by atoms with Gasteiger partial charge in [-0.3, -0.25) is 13.9 Å². The monoisotopic (exact) mass is 657 g/mol. The van der Waals surface area contributed by atoms with Crippen molar-refractivity contribution in [2.24, 2.45) is 0 Å². The van der Waals surface area contributed by atoms with Crippen molar-refractivity contribution in [3.63, 3.8) is 0 Å². The number of hydrogen-bond acceptors (Lipinski definition) is 4. The summed E-state index contributed by atoms with van der Waals surface area (Å²) in [5.74, 6) is -0.949. The fraction of sp³-hybridized carbons (Fsp3) is 0.310. The Labute approximate surface area is 261 Å². The molecule has 0 saturated heterocycles. The van der Waals surface area contributed by atoms with Crippen LogP contribution in [0.2, 0.25) is 20.1 Å². The summed E-state index contributed by atoms with van der Waals surface area (Å²) < 4.78 is 28.7. The first kappa shape index (κ1) is 33.0. The Bertz CT molecular complexity index is 1490. The summed E-state index contributed by atoms with van der Waals surface area (Å²) in [6, 6.07) is 16.0. The van der Waals surface area contributed by atoms with Crippen molar-refractivity contribution >= 4 is 73.9 Å². The van der Waals surface area contributed by atoms with Crippen molar-refractivity contribution in [3.8, 4) is 0 Å². The van der Waals surface area contributed by atoms with Crippen LogP contribution in [0.1, 0.15) is 39.2 Å². The Kier molecular flexibility index (Phi) is 11.8. The third-order valence-corrected chi connectivity index (χ3v) is 9.79. The third kappa shape index (κ3) is 8.30. The zero-order valence-corrected chi connectivity index (χ0v) is 26.6. The summed E-state index contributed by atoms with van der Waals surface area (Å²) in [7, 11) is -4.23. The first-order valence-corrected chi connectivity index (χ1v) is 15.9. The topological polar surface area (TPSA) is 86.8 Å². The number of nitrogens with zero attached hydrogens (tertiary/aromatic N) is 2. The molecule has 41 heavy (non-hydrogen) atoms. The number of anilines is 1.